The Labute approximate surface area is 141 Å². The highest BCUT2D eigenvalue weighted by molar-refractivity contribution is 14.1. The third-order valence-electron chi connectivity index (χ3n) is 4.00. The fraction of sp³-hybridized carbons (Fsp3) is 0.562. The molecule has 0 aliphatic carbocycles. The molecule has 1 aliphatic rings. The first-order valence-electron chi connectivity index (χ1n) is 7.48. The van der Waals surface area contributed by atoms with E-state index in [1.165, 1.54) is 0 Å². The summed E-state index contributed by atoms with van der Waals surface area (Å²) >= 11 is 2.25. The summed E-state index contributed by atoms with van der Waals surface area (Å²) in [6.07, 6.45) is 1.04. The Morgan fingerprint density at radius 2 is 1.81 bits per heavy atom. The summed E-state index contributed by atoms with van der Waals surface area (Å²) in [4.78, 5) is 19.0. The van der Waals surface area contributed by atoms with Gasteiger partial charge in [0.1, 0.15) is 0 Å². The van der Waals surface area contributed by atoms with E-state index in [-0.39, 0.29) is 5.91 Å². The highest BCUT2D eigenvalue weighted by Crippen LogP contribution is 2.09. The predicted octanol–water partition coefficient (Wildman–Crippen LogP) is 2.00. The Morgan fingerprint density at radius 3 is 2.43 bits per heavy atom. The molecule has 4 nitrogen and oxygen atoms in total. The zero-order valence-electron chi connectivity index (χ0n) is 12.9. The van der Waals surface area contributed by atoms with Crippen molar-refractivity contribution in [3.63, 3.8) is 0 Å². The minimum Gasteiger partial charge on any atom is -0.342 e. The first-order chi connectivity index (χ1) is 10.1. The molecule has 0 unspecified atom stereocenters. The lowest BCUT2D eigenvalue weighted by Crippen LogP contribution is -2.45. The van der Waals surface area contributed by atoms with Gasteiger partial charge < -0.3 is 14.7 Å². The first-order valence-corrected chi connectivity index (χ1v) is 8.56. The second-order valence-corrected chi connectivity index (χ2v) is 6.98. The quantitative estimate of drug-likeness (QED) is 0.707. The van der Waals surface area contributed by atoms with Crippen LogP contribution in [0, 0.1) is 3.57 Å². The number of amides is 1. The number of likely N-dealkylation sites (N-methyl/N-ethyl adjacent to an activating group) is 1. The van der Waals surface area contributed by atoms with Crippen molar-refractivity contribution in [3.05, 3.63) is 33.4 Å². The van der Waals surface area contributed by atoms with Gasteiger partial charge in [-0.1, -0.05) is 0 Å². The van der Waals surface area contributed by atoms with Crippen LogP contribution in [0.1, 0.15) is 16.8 Å². The Kier molecular flexibility index (Phi) is 6.44. The molecule has 0 aromatic heterocycles. The van der Waals surface area contributed by atoms with E-state index in [1.807, 2.05) is 36.2 Å². The van der Waals surface area contributed by atoms with Crippen molar-refractivity contribution in [3.8, 4) is 0 Å². The van der Waals surface area contributed by atoms with Gasteiger partial charge in [-0.15, -0.1) is 0 Å². The maximum Gasteiger partial charge on any atom is 0.253 e. The van der Waals surface area contributed by atoms with Gasteiger partial charge in [-0.25, -0.2) is 0 Å². The summed E-state index contributed by atoms with van der Waals surface area (Å²) < 4.78 is 1.15. The van der Waals surface area contributed by atoms with Crippen molar-refractivity contribution >= 4 is 28.5 Å². The largest absolute Gasteiger partial charge is 0.342 e. The smallest absolute Gasteiger partial charge is 0.253 e. The van der Waals surface area contributed by atoms with Gasteiger partial charge in [0.05, 0.1) is 0 Å². The van der Waals surface area contributed by atoms with E-state index in [1.54, 1.807) is 0 Å². The number of rotatable bonds is 5. The lowest BCUT2D eigenvalue weighted by Gasteiger charge is -2.32. The van der Waals surface area contributed by atoms with Crippen LogP contribution in [0.4, 0.5) is 0 Å². The lowest BCUT2D eigenvalue weighted by atomic mass is 10.2. The lowest BCUT2D eigenvalue weighted by molar-refractivity contribution is 0.0783. The molecule has 0 radical (unpaired) electrons. The highest BCUT2D eigenvalue weighted by Gasteiger charge is 2.15. The minimum atomic E-state index is 0.116. The summed E-state index contributed by atoms with van der Waals surface area (Å²) in [5, 5.41) is 0. The van der Waals surface area contributed by atoms with Crippen molar-refractivity contribution in [2.45, 2.75) is 6.42 Å². The van der Waals surface area contributed by atoms with Crippen LogP contribution in [0.2, 0.25) is 0 Å². The number of benzene rings is 1. The average Bonchev–Trinajstić information content (AvgIpc) is 2.49. The Bertz CT molecular complexity index is 455. The molecule has 1 aliphatic heterocycles. The molecule has 116 valence electrons. The highest BCUT2D eigenvalue weighted by atomic mass is 127. The standard InChI is InChI=1S/C16H24IN3O/c1-18-10-12-20(13-11-18)9-3-8-19(2)16(21)14-4-6-15(17)7-5-14/h4-7H,3,8-13H2,1-2H3. The van der Waals surface area contributed by atoms with Crippen molar-refractivity contribution in [1.82, 2.24) is 14.7 Å². The predicted molar refractivity (Wildman–Crippen MR) is 94.7 cm³/mol. The van der Waals surface area contributed by atoms with E-state index in [0.29, 0.717) is 0 Å². The molecule has 0 N–H and O–H groups in total. The maximum absolute atomic E-state index is 12.3. The van der Waals surface area contributed by atoms with Gasteiger partial charge in [-0.05, 0) is 66.9 Å². The van der Waals surface area contributed by atoms with Crippen molar-refractivity contribution in [2.24, 2.45) is 0 Å². The van der Waals surface area contributed by atoms with Gasteiger partial charge in [0.15, 0.2) is 0 Å². The molecule has 2 rings (SSSR count). The Morgan fingerprint density at radius 1 is 1.19 bits per heavy atom. The van der Waals surface area contributed by atoms with E-state index >= 15 is 0 Å². The number of carbonyl (C=O) groups is 1. The SMILES string of the molecule is CN1CCN(CCCN(C)C(=O)c2ccc(I)cc2)CC1. The summed E-state index contributed by atoms with van der Waals surface area (Å²) in [5.74, 6) is 0.116. The molecule has 1 amide bonds. The monoisotopic (exact) mass is 401 g/mol. The minimum absolute atomic E-state index is 0.116. The molecular weight excluding hydrogens is 377 g/mol. The number of nitrogens with zero attached hydrogens (tertiary/aromatic N) is 3. The van der Waals surface area contributed by atoms with Crippen molar-refractivity contribution in [2.75, 3.05) is 53.4 Å². The van der Waals surface area contributed by atoms with Gasteiger partial charge in [0.25, 0.3) is 5.91 Å². The van der Waals surface area contributed by atoms with Crippen LogP contribution in [0.5, 0.6) is 0 Å². The van der Waals surface area contributed by atoms with Crippen molar-refractivity contribution in [1.29, 1.82) is 0 Å². The second kappa shape index (κ2) is 8.10. The van der Waals surface area contributed by atoms with Gasteiger partial charge in [-0.2, -0.15) is 0 Å². The maximum atomic E-state index is 12.3. The first kappa shape index (κ1) is 16.7. The number of hydrogen-bond donors (Lipinski definition) is 0. The van der Waals surface area contributed by atoms with Gasteiger partial charge in [0, 0.05) is 48.9 Å². The van der Waals surface area contributed by atoms with Crippen LogP contribution in [0.25, 0.3) is 0 Å². The molecule has 5 heteroatoms. The molecule has 0 atom stereocenters. The van der Waals surface area contributed by atoms with Gasteiger partial charge in [-0.3, -0.25) is 4.79 Å². The van der Waals surface area contributed by atoms with E-state index in [9.17, 15) is 4.79 Å². The third kappa shape index (κ3) is 5.23. The molecule has 1 heterocycles. The molecule has 0 spiro atoms. The molecule has 0 saturated carbocycles. The number of carbonyl (C=O) groups excluding carboxylic acids is 1. The molecule has 1 aromatic rings. The van der Waals surface area contributed by atoms with E-state index in [2.05, 4.69) is 39.4 Å². The normalized spacial score (nSPS) is 16.9. The zero-order chi connectivity index (χ0) is 15.2. The van der Waals surface area contributed by atoms with Crippen LogP contribution in [0.15, 0.2) is 24.3 Å². The molecule has 0 bridgehead atoms. The fourth-order valence-corrected chi connectivity index (χ4v) is 2.88. The van der Waals surface area contributed by atoms with E-state index in [4.69, 9.17) is 0 Å². The van der Waals surface area contributed by atoms with Gasteiger partial charge in [0.2, 0.25) is 0 Å². The fourth-order valence-electron chi connectivity index (χ4n) is 2.52. The molecule has 1 saturated heterocycles. The summed E-state index contributed by atoms with van der Waals surface area (Å²) in [5.41, 5.74) is 0.775. The van der Waals surface area contributed by atoms with Gasteiger partial charge >= 0.3 is 0 Å². The number of piperazine rings is 1. The van der Waals surface area contributed by atoms with Crippen LogP contribution in [-0.4, -0.2) is 74.0 Å². The Balaban J connectivity index is 1.72. The van der Waals surface area contributed by atoms with Crippen LogP contribution < -0.4 is 0 Å². The van der Waals surface area contributed by atoms with E-state index < -0.39 is 0 Å². The van der Waals surface area contributed by atoms with Crippen LogP contribution in [-0.2, 0) is 0 Å². The summed E-state index contributed by atoms with van der Waals surface area (Å²) in [6, 6.07) is 7.76. The average molecular weight is 401 g/mol. The second-order valence-electron chi connectivity index (χ2n) is 5.73. The van der Waals surface area contributed by atoms with Crippen LogP contribution >= 0.6 is 22.6 Å². The molecular formula is C16H24IN3O. The summed E-state index contributed by atoms with van der Waals surface area (Å²) in [6.45, 7) is 6.49. The third-order valence-corrected chi connectivity index (χ3v) is 4.72. The Hall–Kier alpha value is -0.660. The van der Waals surface area contributed by atoms with Crippen molar-refractivity contribution < 1.29 is 4.79 Å². The number of hydrogen-bond acceptors (Lipinski definition) is 3. The molecule has 21 heavy (non-hydrogen) atoms. The molecule has 1 aromatic carbocycles. The van der Waals surface area contributed by atoms with E-state index in [0.717, 1.165) is 54.8 Å². The topological polar surface area (TPSA) is 26.8 Å². The summed E-state index contributed by atoms with van der Waals surface area (Å²) in [7, 11) is 4.06. The zero-order valence-corrected chi connectivity index (χ0v) is 15.0. The molecule has 1 fully saturated rings. The van der Waals surface area contributed by atoms with Crippen LogP contribution in [0.3, 0.4) is 0 Å². The number of halogens is 1.